The Balaban J connectivity index is 1.63. The molecule has 2 nitrogen and oxygen atoms in total. The topological polar surface area (TPSA) is 29.6 Å². The quantitative estimate of drug-likeness (QED) is 0.766. The Morgan fingerprint density at radius 1 is 1.04 bits per heavy atom. The summed E-state index contributed by atoms with van der Waals surface area (Å²) in [5, 5.41) is 0.163. The molecular formula is C21H22O2S. The van der Waals surface area contributed by atoms with Crippen molar-refractivity contribution in [1.29, 1.82) is 0 Å². The van der Waals surface area contributed by atoms with Crippen LogP contribution >= 0.6 is 0 Å². The fourth-order valence-electron chi connectivity index (χ4n) is 3.65. The van der Waals surface area contributed by atoms with Gasteiger partial charge in [0.15, 0.2) is 0 Å². The van der Waals surface area contributed by atoms with Crippen molar-refractivity contribution in [2.45, 2.75) is 48.0 Å². The zero-order valence-electron chi connectivity index (χ0n) is 13.9. The molecular weight excluding hydrogens is 316 g/mol. The fourth-order valence-corrected chi connectivity index (χ4v) is 5.14. The smallest absolute Gasteiger partial charge is 0.113 e. The SMILES string of the molecule is C[C@@]12O[C@@H]1CC[C@@H](S(=O)c1ccccc1)C/C2=C/c1ccccc1. The second kappa shape index (κ2) is 6.30. The van der Waals surface area contributed by atoms with Gasteiger partial charge in [0.25, 0.3) is 0 Å². The number of benzene rings is 2. The van der Waals surface area contributed by atoms with E-state index in [-0.39, 0.29) is 17.0 Å². The molecule has 2 aromatic carbocycles. The molecule has 1 heterocycles. The summed E-state index contributed by atoms with van der Waals surface area (Å²) >= 11 is 0. The van der Waals surface area contributed by atoms with Crippen LogP contribution in [0.15, 0.2) is 71.1 Å². The van der Waals surface area contributed by atoms with Crippen LogP contribution in [-0.2, 0) is 15.5 Å². The highest BCUT2D eigenvalue weighted by molar-refractivity contribution is 7.85. The Kier molecular flexibility index (Phi) is 4.15. The van der Waals surface area contributed by atoms with Crippen molar-refractivity contribution >= 4 is 16.9 Å². The summed E-state index contributed by atoms with van der Waals surface area (Å²) in [5.74, 6) is 0. The molecule has 4 atom stereocenters. The van der Waals surface area contributed by atoms with E-state index in [9.17, 15) is 4.21 Å². The van der Waals surface area contributed by atoms with Gasteiger partial charge in [0.2, 0.25) is 0 Å². The second-order valence-electron chi connectivity index (χ2n) is 6.81. The third kappa shape index (κ3) is 2.99. The number of epoxide rings is 1. The fraction of sp³-hybridized carbons (Fsp3) is 0.333. The maximum absolute atomic E-state index is 13.0. The molecule has 2 aromatic rings. The number of ether oxygens (including phenoxy) is 1. The van der Waals surface area contributed by atoms with Crippen LogP contribution in [-0.4, -0.2) is 21.2 Å². The Morgan fingerprint density at radius 3 is 2.42 bits per heavy atom. The van der Waals surface area contributed by atoms with Crippen LogP contribution in [0.2, 0.25) is 0 Å². The van der Waals surface area contributed by atoms with Crippen molar-refractivity contribution in [3.63, 3.8) is 0 Å². The van der Waals surface area contributed by atoms with Gasteiger partial charge in [-0.15, -0.1) is 0 Å². The molecule has 24 heavy (non-hydrogen) atoms. The predicted molar refractivity (Wildman–Crippen MR) is 98.2 cm³/mol. The highest BCUT2D eigenvalue weighted by Crippen LogP contribution is 2.50. The van der Waals surface area contributed by atoms with E-state index in [2.05, 4.69) is 37.3 Å². The van der Waals surface area contributed by atoms with Crippen molar-refractivity contribution < 1.29 is 8.95 Å². The van der Waals surface area contributed by atoms with Crippen molar-refractivity contribution in [3.05, 3.63) is 71.8 Å². The molecule has 1 saturated carbocycles. The molecule has 0 aromatic heterocycles. The van der Waals surface area contributed by atoms with Gasteiger partial charge in [-0.25, -0.2) is 0 Å². The third-order valence-electron chi connectivity index (χ3n) is 5.20. The van der Waals surface area contributed by atoms with Gasteiger partial charge < -0.3 is 4.74 Å². The Hall–Kier alpha value is -1.71. The normalized spacial score (nSPS) is 32.0. The molecule has 124 valence electrons. The summed E-state index contributed by atoms with van der Waals surface area (Å²) in [6, 6.07) is 20.2. The maximum Gasteiger partial charge on any atom is 0.113 e. The van der Waals surface area contributed by atoms with Crippen molar-refractivity contribution in [2.75, 3.05) is 0 Å². The molecule has 1 saturated heterocycles. The predicted octanol–water partition coefficient (Wildman–Crippen LogP) is 4.59. The Labute approximate surface area is 146 Å². The Bertz CT molecular complexity index is 769. The van der Waals surface area contributed by atoms with Gasteiger partial charge >= 0.3 is 0 Å². The minimum absolute atomic E-state index is 0.161. The molecule has 0 spiro atoms. The lowest BCUT2D eigenvalue weighted by molar-refractivity contribution is 0.316. The molecule has 1 unspecified atom stereocenters. The van der Waals surface area contributed by atoms with E-state index in [0.29, 0.717) is 0 Å². The van der Waals surface area contributed by atoms with Crippen LogP contribution in [0.3, 0.4) is 0 Å². The van der Waals surface area contributed by atoms with Gasteiger partial charge in [0.1, 0.15) is 5.60 Å². The van der Waals surface area contributed by atoms with Crippen LogP contribution in [0.4, 0.5) is 0 Å². The summed E-state index contributed by atoms with van der Waals surface area (Å²) < 4.78 is 19.0. The van der Waals surface area contributed by atoms with Gasteiger partial charge in [-0.1, -0.05) is 54.6 Å². The van der Waals surface area contributed by atoms with Crippen LogP contribution in [0.5, 0.6) is 0 Å². The largest absolute Gasteiger partial charge is 0.362 e. The first-order valence-electron chi connectivity index (χ1n) is 8.56. The molecule has 0 N–H and O–H groups in total. The maximum atomic E-state index is 13.0. The van der Waals surface area contributed by atoms with Gasteiger partial charge in [-0.05, 0) is 49.5 Å². The molecule has 0 radical (unpaired) electrons. The van der Waals surface area contributed by atoms with E-state index in [1.54, 1.807) is 0 Å². The monoisotopic (exact) mass is 338 g/mol. The van der Waals surface area contributed by atoms with E-state index in [0.717, 1.165) is 24.2 Å². The van der Waals surface area contributed by atoms with Crippen molar-refractivity contribution in [1.82, 2.24) is 0 Å². The average Bonchev–Trinajstić information content (AvgIpc) is 3.31. The molecule has 4 rings (SSSR count). The summed E-state index contributed by atoms with van der Waals surface area (Å²) in [6.45, 7) is 2.18. The van der Waals surface area contributed by atoms with Crippen LogP contribution in [0, 0.1) is 0 Å². The van der Waals surface area contributed by atoms with Gasteiger partial charge in [0.05, 0.1) is 16.9 Å². The first-order valence-corrected chi connectivity index (χ1v) is 9.77. The average molecular weight is 338 g/mol. The van der Waals surface area contributed by atoms with E-state index < -0.39 is 10.8 Å². The summed E-state index contributed by atoms with van der Waals surface area (Å²) in [6.07, 6.45) is 5.30. The molecule has 2 fully saturated rings. The van der Waals surface area contributed by atoms with Gasteiger partial charge in [-0.2, -0.15) is 0 Å². The summed E-state index contributed by atoms with van der Waals surface area (Å²) in [5.41, 5.74) is 2.31. The zero-order valence-corrected chi connectivity index (χ0v) is 14.7. The molecule has 1 aliphatic carbocycles. The minimum atomic E-state index is -0.969. The first-order chi connectivity index (χ1) is 11.7. The van der Waals surface area contributed by atoms with E-state index >= 15 is 0 Å². The van der Waals surface area contributed by atoms with Gasteiger partial charge in [0, 0.05) is 10.1 Å². The second-order valence-corrected chi connectivity index (χ2v) is 8.54. The standard InChI is InChI=1S/C21H22O2S/c1-21-17(14-16-8-4-2-5-9-16)15-19(12-13-20(21)23-21)24(22)18-10-6-3-7-11-18/h2-11,14,19-20H,12-13,15H2,1H3/b17-14-/t19-,20-,21+,24?/m1/s1. The van der Waals surface area contributed by atoms with Crippen molar-refractivity contribution in [3.8, 4) is 0 Å². The van der Waals surface area contributed by atoms with E-state index in [1.807, 2.05) is 36.4 Å². The number of rotatable bonds is 3. The van der Waals surface area contributed by atoms with E-state index in [4.69, 9.17) is 4.74 Å². The van der Waals surface area contributed by atoms with Crippen molar-refractivity contribution in [2.24, 2.45) is 0 Å². The zero-order chi connectivity index (χ0) is 16.6. The summed E-state index contributed by atoms with van der Waals surface area (Å²) in [4.78, 5) is 0.934. The van der Waals surface area contributed by atoms with Crippen LogP contribution < -0.4 is 0 Å². The lowest BCUT2D eigenvalue weighted by Gasteiger charge is -2.18. The van der Waals surface area contributed by atoms with Gasteiger partial charge in [-0.3, -0.25) is 4.21 Å². The molecule has 1 aliphatic heterocycles. The lowest BCUT2D eigenvalue weighted by atomic mass is 9.93. The third-order valence-corrected chi connectivity index (χ3v) is 6.94. The van der Waals surface area contributed by atoms with Crippen LogP contribution in [0.1, 0.15) is 31.7 Å². The molecule has 2 aliphatic rings. The Morgan fingerprint density at radius 2 is 1.71 bits per heavy atom. The first kappa shape index (κ1) is 15.8. The highest BCUT2D eigenvalue weighted by Gasteiger charge is 2.56. The highest BCUT2D eigenvalue weighted by atomic mass is 32.2. The number of hydrogen-bond donors (Lipinski definition) is 0. The molecule has 3 heteroatoms. The minimum Gasteiger partial charge on any atom is -0.362 e. The molecule has 0 amide bonds. The number of fused-ring (bicyclic) bond motifs is 1. The van der Waals surface area contributed by atoms with Crippen LogP contribution in [0.25, 0.3) is 6.08 Å². The summed E-state index contributed by atoms with van der Waals surface area (Å²) in [7, 11) is -0.969. The number of hydrogen-bond acceptors (Lipinski definition) is 2. The lowest BCUT2D eigenvalue weighted by Crippen LogP contribution is -2.18. The molecule has 0 bridgehead atoms. The van der Waals surface area contributed by atoms with E-state index in [1.165, 1.54) is 11.1 Å².